The smallest absolute Gasteiger partial charge is 0.0323 e. The Labute approximate surface area is 98.3 Å². The molecule has 1 fully saturated rings. The maximum Gasteiger partial charge on any atom is 0.0323 e. The SMILES string of the molecule is Cc1ccc([C@H]2CCCN2)c2c1CCCC2. The van der Waals surface area contributed by atoms with Gasteiger partial charge in [-0.25, -0.2) is 0 Å². The predicted octanol–water partition coefficient (Wildman–Crippen LogP) is 3.30. The molecular formula is C15H21N. The maximum absolute atomic E-state index is 3.64. The normalized spacial score (nSPS) is 24.4. The molecule has 0 amide bonds. The molecule has 0 unspecified atom stereocenters. The lowest BCUT2D eigenvalue weighted by molar-refractivity contribution is 0.614. The lowest BCUT2D eigenvalue weighted by atomic mass is 9.83. The number of benzene rings is 1. The van der Waals surface area contributed by atoms with Gasteiger partial charge in [0.1, 0.15) is 0 Å². The second-order valence-electron chi connectivity index (χ2n) is 5.28. The summed E-state index contributed by atoms with van der Waals surface area (Å²) in [5.74, 6) is 0. The number of hydrogen-bond acceptors (Lipinski definition) is 1. The minimum Gasteiger partial charge on any atom is -0.310 e. The zero-order chi connectivity index (χ0) is 11.0. The van der Waals surface area contributed by atoms with Crippen molar-refractivity contribution in [1.29, 1.82) is 0 Å². The van der Waals surface area contributed by atoms with E-state index in [-0.39, 0.29) is 0 Å². The van der Waals surface area contributed by atoms with Crippen LogP contribution in [-0.4, -0.2) is 6.54 Å². The maximum atomic E-state index is 3.64. The summed E-state index contributed by atoms with van der Waals surface area (Å²) in [5, 5.41) is 3.64. The molecule has 1 heteroatoms. The summed E-state index contributed by atoms with van der Waals surface area (Å²) < 4.78 is 0. The monoisotopic (exact) mass is 215 g/mol. The standard InChI is InChI=1S/C15H21N/c1-11-8-9-14(15-7-4-10-16-15)13-6-3-2-5-12(11)13/h8-9,15-16H,2-7,10H2,1H3/t15-/m1/s1. The fourth-order valence-corrected chi connectivity index (χ4v) is 3.35. The van der Waals surface area contributed by atoms with Crippen LogP contribution in [0.1, 0.15) is 54.0 Å². The van der Waals surface area contributed by atoms with E-state index >= 15 is 0 Å². The van der Waals surface area contributed by atoms with Crippen molar-refractivity contribution in [2.75, 3.05) is 6.54 Å². The lowest BCUT2D eigenvalue weighted by Gasteiger charge is -2.24. The summed E-state index contributed by atoms with van der Waals surface area (Å²) in [4.78, 5) is 0. The fraction of sp³-hybridized carbons (Fsp3) is 0.600. The molecule has 0 bridgehead atoms. The van der Waals surface area contributed by atoms with E-state index in [1.807, 2.05) is 0 Å². The van der Waals surface area contributed by atoms with E-state index in [1.54, 1.807) is 16.7 Å². The second-order valence-corrected chi connectivity index (χ2v) is 5.28. The number of rotatable bonds is 1. The van der Waals surface area contributed by atoms with Gasteiger partial charge in [-0.15, -0.1) is 0 Å². The van der Waals surface area contributed by atoms with E-state index in [9.17, 15) is 0 Å². The van der Waals surface area contributed by atoms with Crippen LogP contribution in [-0.2, 0) is 12.8 Å². The zero-order valence-electron chi connectivity index (χ0n) is 10.2. The molecule has 86 valence electrons. The van der Waals surface area contributed by atoms with Crippen LogP contribution in [0.3, 0.4) is 0 Å². The highest BCUT2D eigenvalue weighted by atomic mass is 14.9. The third kappa shape index (κ3) is 1.67. The Balaban J connectivity index is 2.04. The van der Waals surface area contributed by atoms with Gasteiger partial charge in [0.2, 0.25) is 0 Å². The van der Waals surface area contributed by atoms with Gasteiger partial charge in [0.25, 0.3) is 0 Å². The van der Waals surface area contributed by atoms with Crippen LogP contribution in [0.2, 0.25) is 0 Å². The quantitative estimate of drug-likeness (QED) is 0.758. The molecule has 0 aromatic heterocycles. The molecule has 1 aromatic carbocycles. The average molecular weight is 215 g/mol. The summed E-state index contributed by atoms with van der Waals surface area (Å²) in [6.07, 6.45) is 8.06. The molecule has 1 aliphatic carbocycles. The van der Waals surface area contributed by atoms with Crippen molar-refractivity contribution in [3.8, 4) is 0 Å². The van der Waals surface area contributed by atoms with E-state index in [4.69, 9.17) is 0 Å². The van der Waals surface area contributed by atoms with Gasteiger partial charge in [-0.3, -0.25) is 0 Å². The molecular weight excluding hydrogens is 194 g/mol. The van der Waals surface area contributed by atoms with Crippen LogP contribution in [0, 0.1) is 6.92 Å². The largest absolute Gasteiger partial charge is 0.310 e. The van der Waals surface area contributed by atoms with Crippen LogP contribution in [0.15, 0.2) is 12.1 Å². The van der Waals surface area contributed by atoms with E-state index in [0.717, 1.165) is 0 Å². The first-order chi connectivity index (χ1) is 7.86. The van der Waals surface area contributed by atoms with Crippen molar-refractivity contribution < 1.29 is 0 Å². The first-order valence-electron chi connectivity index (χ1n) is 6.71. The Kier molecular flexibility index (Phi) is 2.72. The summed E-state index contributed by atoms with van der Waals surface area (Å²) in [5.41, 5.74) is 6.47. The summed E-state index contributed by atoms with van der Waals surface area (Å²) in [6, 6.07) is 5.36. The molecule has 2 aliphatic rings. The number of hydrogen-bond donors (Lipinski definition) is 1. The van der Waals surface area contributed by atoms with E-state index in [0.29, 0.717) is 6.04 Å². The van der Waals surface area contributed by atoms with Crippen LogP contribution in [0.25, 0.3) is 0 Å². The lowest BCUT2D eigenvalue weighted by Crippen LogP contribution is -2.17. The minimum atomic E-state index is 0.646. The summed E-state index contributed by atoms with van der Waals surface area (Å²) in [6.45, 7) is 3.48. The number of nitrogens with one attached hydrogen (secondary N) is 1. The van der Waals surface area contributed by atoms with Gasteiger partial charge in [0.15, 0.2) is 0 Å². The molecule has 1 aliphatic heterocycles. The summed E-state index contributed by atoms with van der Waals surface area (Å²) in [7, 11) is 0. The molecule has 1 heterocycles. The third-order valence-electron chi connectivity index (χ3n) is 4.24. The molecule has 1 nitrogen and oxygen atoms in total. The minimum absolute atomic E-state index is 0.646. The second kappa shape index (κ2) is 4.21. The van der Waals surface area contributed by atoms with Crippen LogP contribution < -0.4 is 5.32 Å². The van der Waals surface area contributed by atoms with Crippen LogP contribution in [0.5, 0.6) is 0 Å². The molecule has 16 heavy (non-hydrogen) atoms. The Morgan fingerprint density at radius 1 is 1.06 bits per heavy atom. The van der Waals surface area contributed by atoms with Crippen LogP contribution >= 0.6 is 0 Å². The molecule has 0 saturated carbocycles. The van der Waals surface area contributed by atoms with Crippen LogP contribution in [0.4, 0.5) is 0 Å². The Hall–Kier alpha value is -0.820. The molecule has 1 atom stereocenters. The zero-order valence-corrected chi connectivity index (χ0v) is 10.2. The molecule has 1 aromatic rings. The van der Waals surface area contributed by atoms with Gasteiger partial charge >= 0.3 is 0 Å². The van der Waals surface area contributed by atoms with Gasteiger partial charge in [0, 0.05) is 6.04 Å². The van der Waals surface area contributed by atoms with E-state index < -0.39 is 0 Å². The highest BCUT2D eigenvalue weighted by Crippen LogP contribution is 2.33. The van der Waals surface area contributed by atoms with Crippen molar-refractivity contribution >= 4 is 0 Å². The highest BCUT2D eigenvalue weighted by Gasteiger charge is 2.22. The van der Waals surface area contributed by atoms with Gasteiger partial charge in [-0.1, -0.05) is 12.1 Å². The van der Waals surface area contributed by atoms with Gasteiger partial charge in [-0.05, 0) is 74.2 Å². The highest BCUT2D eigenvalue weighted by molar-refractivity contribution is 5.43. The molecule has 1 N–H and O–H groups in total. The molecule has 0 spiro atoms. The first-order valence-corrected chi connectivity index (χ1v) is 6.71. The van der Waals surface area contributed by atoms with Crippen molar-refractivity contribution in [1.82, 2.24) is 5.32 Å². The van der Waals surface area contributed by atoms with Crippen molar-refractivity contribution in [3.63, 3.8) is 0 Å². The third-order valence-corrected chi connectivity index (χ3v) is 4.24. The predicted molar refractivity (Wildman–Crippen MR) is 67.8 cm³/mol. The van der Waals surface area contributed by atoms with Crippen molar-refractivity contribution in [2.45, 2.75) is 51.5 Å². The van der Waals surface area contributed by atoms with Crippen molar-refractivity contribution in [2.24, 2.45) is 0 Å². The molecule has 3 rings (SSSR count). The Morgan fingerprint density at radius 2 is 1.88 bits per heavy atom. The van der Waals surface area contributed by atoms with E-state index in [2.05, 4.69) is 24.4 Å². The Morgan fingerprint density at radius 3 is 2.62 bits per heavy atom. The first kappa shape index (κ1) is 10.3. The molecule has 1 saturated heterocycles. The van der Waals surface area contributed by atoms with Gasteiger partial charge in [-0.2, -0.15) is 0 Å². The van der Waals surface area contributed by atoms with E-state index in [1.165, 1.54) is 50.6 Å². The Bertz CT molecular complexity index is 389. The number of fused-ring (bicyclic) bond motifs is 1. The topological polar surface area (TPSA) is 12.0 Å². The van der Waals surface area contributed by atoms with Gasteiger partial charge < -0.3 is 5.32 Å². The number of aryl methyl sites for hydroxylation is 1. The average Bonchev–Trinajstić information content (AvgIpc) is 2.83. The van der Waals surface area contributed by atoms with Gasteiger partial charge in [0.05, 0.1) is 0 Å². The molecule has 0 radical (unpaired) electrons. The summed E-state index contributed by atoms with van der Waals surface area (Å²) >= 11 is 0. The fourth-order valence-electron chi connectivity index (χ4n) is 3.35. The van der Waals surface area contributed by atoms with Crippen molar-refractivity contribution in [3.05, 3.63) is 34.4 Å².